The van der Waals surface area contributed by atoms with Gasteiger partial charge in [-0.3, -0.25) is 0 Å². The Hall–Kier alpha value is -2.89. The average molecular weight is 272 g/mol. The number of nitroso groups, excluding NO2 is 1. The summed E-state index contributed by atoms with van der Waals surface area (Å²) in [6.07, 6.45) is -0.825. The first-order valence-corrected chi connectivity index (χ1v) is 5.80. The van der Waals surface area contributed by atoms with E-state index >= 15 is 0 Å². The Balaban J connectivity index is 1.85. The molecule has 102 valence electrons. The van der Waals surface area contributed by atoms with Gasteiger partial charge in [-0.2, -0.15) is 0 Å². The van der Waals surface area contributed by atoms with Crippen LogP contribution in [0.15, 0.2) is 53.7 Å². The molecule has 0 aromatic heterocycles. The molecule has 0 saturated carbocycles. The normalized spacial score (nSPS) is 9.80. The van der Waals surface area contributed by atoms with Crippen LogP contribution in [0.5, 0.6) is 5.75 Å². The van der Waals surface area contributed by atoms with E-state index in [1.54, 1.807) is 24.3 Å². The largest absolute Gasteiger partial charge is 0.514 e. The number of hydrogen-bond acceptors (Lipinski definition) is 6. The van der Waals surface area contributed by atoms with Gasteiger partial charge in [0.05, 0.1) is 0 Å². The summed E-state index contributed by atoms with van der Waals surface area (Å²) in [5, 5.41) is 2.74. The van der Waals surface area contributed by atoms with E-state index in [4.69, 9.17) is 15.2 Å². The molecule has 0 aliphatic heterocycles. The molecule has 6 nitrogen and oxygen atoms in total. The van der Waals surface area contributed by atoms with Crippen molar-refractivity contribution in [2.75, 3.05) is 5.73 Å². The number of ether oxygens (including phenoxy) is 2. The molecule has 0 heterocycles. The van der Waals surface area contributed by atoms with Crippen molar-refractivity contribution in [2.45, 2.75) is 6.61 Å². The minimum atomic E-state index is -0.825. The van der Waals surface area contributed by atoms with Crippen molar-refractivity contribution < 1.29 is 14.3 Å². The van der Waals surface area contributed by atoms with E-state index in [2.05, 4.69) is 5.18 Å². The van der Waals surface area contributed by atoms with Crippen molar-refractivity contribution in [1.29, 1.82) is 0 Å². The van der Waals surface area contributed by atoms with Crippen molar-refractivity contribution in [3.05, 3.63) is 59.0 Å². The molecule has 2 aromatic rings. The Kier molecular flexibility index (Phi) is 4.28. The molecular formula is C14H12N2O4. The number of hydrogen-bond donors (Lipinski definition) is 1. The smallest absolute Gasteiger partial charge is 0.429 e. The van der Waals surface area contributed by atoms with E-state index in [1.807, 2.05) is 0 Å². The Bertz CT molecular complexity index is 594. The minimum absolute atomic E-state index is 0.0904. The van der Waals surface area contributed by atoms with Crippen LogP contribution < -0.4 is 10.5 Å². The highest BCUT2D eigenvalue weighted by atomic mass is 16.7. The molecule has 0 saturated heterocycles. The number of carbonyl (C=O) groups is 1. The highest BCUT2D eigenvalue weighted by molar-refractivity contribution is 5.64. The number of nitrogens with zero attached hydrogens (tertiary/aromatic N) is 1. The Morgan fingerprint density at radius 2 is 1.70 bits per heavy atom. The lowest BCUT2D eigenvalue weighted by Crippen LogP contribution is -2.10. The van der Waals surface area contributed by atoms with Crippen LogP contribution in [0.2, 0.25) is 0 Å². The second-order valence-electron chi connectivity index (χ2n) is 3.97. The van der Waals surface area contributed by atoms with Crippen LogP contribution in [0.3, 0.4) is 0 Å². The van der Waals surface area contributed by atoms with Crippen LogP contribution >= 0.6 is 0 Å². The lowest BCUT2D eigenvalue weighted by molar-refractivity contribution is 0.0928. The second-order valence-corrected chi connectivity index (χ2v) is 3.97. The topological polar surface area (TPSA) is 91.0 Å². The second kappa shape index (κ2) is 6.33. The quantitative estimate of drug-likeness (QED) is 0.398. The van der Waals surface area contributed by atoms with Gasteiger partial charge in [-0.25, -0.2) is 4.79 Å². The molecule has 20 heavy (non-hydrogen) atoms. The molecule has 0 bridgehead atoms. The van der Waals surface area contributed by atoms with Crippen molar-refractivity contribution in [1.82, 2.24) is 0 Å². The lowest BCUT2D eigenvalue weighted by Gasteiger charge is -2.06. The first-order chi connectivity index (χ1) is 9.67. The lowest BCUT2D eigenvalue weighted by atomic mass is 10.2. The van der Waals surface area contributed by atoms with E-state index in [9.17, 15) is 9.70 Å². The number of carbonyl (C=O) groups excluding carboxylic acids is 1. The van der Waals surface area contributed by atoms with Gasteiger partial charge >= 0.3 is 6.16 Å². The summed E-state index contributed by atoms with van der Waals surface area (Å²) in [6.45, 7) is 0.0904. The number of rotatable bonds is 4. The van der Waals surface area contributed by atoms with Crippen molar-refractivity contribution >= 4 is 17.5 Å². The summed E-state index contributed by atoms with van der Waals surface area (Å²) in [4.78, 5) is 21.7. The third-order valence-electron chi connectivity index (χ3n) is 2.48. The molecule has 0 fully saturated rings. The summed E-state index contributed by atoms with van der Waals surface area (Å²) >= 11 is 0. The van der Waals surface area contributed by atoms with Gasteiger partial charge in [-0.05, 0) is 47.1 Å². The van der Waals surface area contributed by atoms with Gasteiger partial charge in [-0.15, -0.1) is 4.91 Å². The Labute approximate surface area is 115 Å². The van der Waals surface area contributed by atoms with E-state index in [-0.39, 0.29) is 18.0 Å². The van der Waals surface area contributed by atoms with E-state index in [1.165, 1.54) is 24.3 Å². The molecule has 2 aromatic carbocycles. The molecule has 2 rings (SSSR count). The van der Waals surface area contributed by atoms with Crippen LogP contribution in [0, 0.1) is 4.91 Å². The van der Waals surface area contributed by atoms with Gasteiger partial charge in [0.25, 0.3) is 0 Å². The molecule has 0 unspecified atom stereocenters. The molecule has 0 radical (unpaired) electrons. The first kappa shape index (κ1) is 13.5. The van der Waals surface area contributed by atoms with Crippen LogP contribution in [0.1, 0.15) is 5.56 Å². The highest BCUT2D eigenvalue weighted by Gasteiger charge is 2.06. The summed E-state index contributed by atoms with van der Waals surface area (Å²) in [6, 6.07) is 12.7. The Morgan fingerprint density at radius 1 is 1.05 bits per heavy atom. The third-order valence-corrected chi connectivity index (χ3v) is 2.48. The maximum Gasteiger partial charge on any atom is 0.514 e. The summed E-state index contributed by atoms with van der Waals surface area (Å²) in [5.41, 5.74) is 7.24. The van der Waals surface area contributed by atoms with Crippen LogP contribution in [-0.2, 0) is 11.3 Å². The molecule has 0 aliphatic carbocycles. The standard InChI is InChI=1S/C14H12N2O4/c15-11-3-1-10(2-4-11)9-19-14(17)20-13-7-5-12(16-18)6-8-13/h1-8H,9,15H2. The first-order valence-electron chi connectivity index (χ1n) is 5.80. The molecule has 0 atom stereocenters. The van der Waals surface area contributed by atoms with E-state index < -0.39 is 6.16 Å². The van der Waals surface area contributed by atoms with Crippen molar-refractivity contribution in [3.8, 4) is 5.75 Å². The molecule has 6 heteroatoms. The fourth-order valence-corrected chi connectivity index (χ4v) is 1.46. The number of benzene rings is 2. The molecule has 0 aliphatic rings. The van der Waals surface area contributed by atoms with Crippen molar-refractivity contribution in [3.63, 3.8) is 0 Å². The third kappa shape index (κ3) is 3.81. The minimum Gasteiger partial charge on any atom is -0.429 e. The number of nitrogens with two attached hydrogens (primary N) is 1. The molecule has 0 spiro atoms. The summed E-state index contributed by atoms with van der Waals surface area (Å²) in [7, 11) is 0. The SMILES string of the molecule is Nc1ccc(COC(=O)Oc2ccc(N=O)cc2)cc1. The van der Waals surface area contributed by atoms with Gasteiger partial charge in [0.15, 0.2) is 0 Å². The average Bonchev–Trinajstić information content (AvgIpc) is 2.47. The zero-order valence-electron chi connectivity index (χ0n) is 10.5. The summed E-state index contributed by atoms with van der Waals surface area (Å²) < 4.78 is 9.87. The maximum absolute atomic E-state index is 11.5. The van der Waals surface area contributed by atoms with Gasteiger partial charge in [-0.1, -0.05) is 12.1 Å². The fraction of sp³-hybridized carbons (Fsp3) is 0.0714. The maximum atomic E-state index is 11.5. The summed E-state index contributed by atoms with van der Waals surface area (Å²) in [5.74, 6) is 0.278. The van der Waals surface area contributed by atoms with Crippen LogP contribution in [0.25, 0.3) is 0 Å². The van der Waals surface area contributed by atoms with E-state index in [0.29, 0.717) is 5.69 Å². The Morgan fingerprint density at radius 3 is 2.30 bits per heavy atom. The predicted molar refractivity (Wildman–Crippen MR) is 73.6 cm³/mol. The van der Waals surface area contributed by atoms with Crippen molar-refractivity contribution in [2.24, 2.45) is 5.18 Å². The molecule has 0 amide bonds. The van der Waals surface area contributed by atoms with Crippen LogP contribution in [-0.4, -0.2) is 6.16 Å². The molecule has 2 N–H and O–H groups in total. The monoisotopic (exact) mass is 272 g/mol. The fourth-order valence-electron chi connectivity index (χ4n) is 1.46. The number of nitrogen functional groups attached to an aromatic ring is 1. The van der Waals surface area contributed by atoms with Gasteiger partial charge in [0.1, 0.15) is 18.0 Å². The number of anilines is 1. The zero-order chi connectivity index (χ0) is 14.4. The van der Waals surface area contributed by atoms with Gasteiger partial charge in [0, 0.05) is 5.69 Å². The zero-order valence-corrected chi connectivity index (χ0v) is 10.5. The van der Waals surface area contributed by atoms with Gasteiger partial charge in [0.2, 0.25) is 0 Å². The predicted octanol–water partition coefficient (Wildman–Crippen LogP) is 3.38. The van der Waals surface area contributed by atoms with Gasteiger partial charge < -0.3 is 15.2 Å². The molecular weight excluding hydrogens is 260 g/mol. The highest BCUT2D eigenvalue weighted by Crippen LogP contribution is 2.18. The van der Waals surface area contributed by atoms with Crippen LogP contribution in [0.4, 0.5) is 16.2 Å². The van der Waals surface area contributed by atoms with E-state index in [0.717, 1.165) is 5.56 Å².